The molecule has 0 aromatic carbocycles. The predicted octanol–water partition coefficient (Wildman–Crippen LogP) is 1.99. The lowest BCUT2D eigenvalue weighted by Crippen LogP contribution is -1.88. The van der Waals surface area contributed by atoms with Crippen molar-refractivity contribution in [3.05, 3.63) is 30.2 Å². The van der Waals surface area contributed by atoms with Crippen molar-refractivity contribution in [2.75, 3.05) is 0 Å². The van der Waals surface area contributed by atoms with Crippen LogP contribution in [-0.4, -0.2) is 10.3 Å². The molecule has 1 atom stereocenters. The molecule has 2 heterocycles. The molecule has 68 valence electrons. The van der Waals surface area contributed by atoms with E-state index in [0.29, 0.717) is 17.2 Å². The molecule has 0 spiro atoms. The number of furan rings is 1. The zero-order valence-electron chi connectivity index (χ0n) is 7.10. The van der Waals surface area contributed by atoms with Crippen molar-refractivity contribution in [1.82, 2.24) is 5.16 Å². The summed E-state index contributed by atoms with van der Waals surface area (Å²) in [5, 5.41) is 12.9. The first-order valence-corrected chi connectivity index (χ1v) is 3.96. The van der Waals surface area contributed by atoms with Gasteiger partial charge in [0, 0.05) is 6.07 Å². The van der Waals surface area contributed by atoms with Crippen LogP contribution in [0.3, 0.4) is 0 Å². The highest BCUT2D eigenvalue weighted by atomic mass is 16.5. The Morgan fingerprint density at radius 3 is 2.85 bits per heavy atom. The van der Waals surface area contributed by atoms with E-state index in [1.165, 1.54) is 0 Å². The van der Waals surface area contributed by atoms with E-state index in [0.717, 1.165) is 0 Å². The van der Waals surface area contributed by atoms with Crippen LogP contribution in [0.2, 0.25) is 0 Å². The van der Waals surface area contributed by atoms with Crippen LogP contribution in [0.1, 0.15) is 18.7 Å². The molecule has 0 saturated carbocycles. The molecular formula is C9H9NO3. The van der Waals surface area contributed by atoms with E-state index in [9.17, 15) is 5.11 Å². The van der Waals surface area contributed by atoms with Crippen molar-refractivity contribution >= 4 is 0 Å². The Kier molecular flexibility index (Phi) is 1.90. The van der Waals surface area contributed by atoms with Gasteiger partial charge in [0.15, 0.2) is 5.76 Å². The molecule has 4 nitrogen and oxygen atoms in total. The summed E-state index contributed by atoms with van der Waals surface area (Å²) >= 11 is 0. The maximum absolute atomic E-state index is 9.18. The molecule has 0 amide bonds. The van der Waals surface area contributed by atoms with E-state index in [-0.39, 0.29) is 0 Å². The summed E-state index contributed by atoms with van der Waals surface area (Å²) in [4.78, 5) is 0. The Morgan fingerprint density at radius 2 is 2.31 bits per heavy atom. The number of aliphatic hydroxyl groups is 1. The zero-order chi connectivity index (χ0) is 9.26. The molecule has 1 N–H and O–H groups in total. The van der Waals surface area contributed by atoms with E-state index in [2.05, 4.69) is 5.16 Å². The minimum atomic E-state index is -0.618. The highest BCUT2D eigenvalue weighted by Gasteiger charge is 2.11. The Morgan fingerprint density at radius 1 is 1.46 bits per heavy atom. The molecule has 0 bridgehead atoms. The standard InChI is InChI=1S/C9H9NO3/c1-6(11)7-5-9(13-10-7)8-3-2-4-12-8/h2-6,11H,1H3. The Bertz CT molecular complexity index is 375. The number of nitrogens with zero attached hydrogens (tertiary/aromatic N) is 1. The molecule has 0 saturated heterocycles. The van der Waals surface area contributed by atoms with Crippen LogP contribution in [0.25, 0.3) is 11.5 Å². The van der Waals surface area contributed by atoms with E-state index in [1.807, 2.05) is 0 Å². The molecule has 2 rings (SSSR count). The fourth-order valence-corrected chi connectivity index (χ4v) is 1.02. The second-order valence-corrected chi connectivity index (χ2v) is 2.77. The van der Waals surface area contributed by atoms with Crippen LogP contribution in [0, 0.1) is 0 Å². The van der Waals surface area contributed by atoms with Crippen LogP contribution in [0.15, 0.2) is 33.4 Å². The normalized spacial score (nSPS) is 13.1. The number of hydrogen-bond acceptors (Lipinski definition) is 4. The molecule has 2 aromatic heterocycles. The van der Waals surface area contributed by atoms with Gasteiger partial charge >= 0.3 is 0 Å². The monoisotopic (exact) mass is 179 g/mol. The minimum Gasteiger partial charge on any atom is -0.461 e. The van der Waals surface area contributed by atoms with Crippen LogP contribution in [0.4, 0.5) is 0 Å². The van der Waals surface area contributed by atoms with E-state index in [1.54, 1.807) is 31.4 Å². The predicted molar refractivity (Wildman–Crippen MR) is 44.8 cm³/mol. The lowest BCUT2D eigenvalue weighted by Gasteiger charge is -1.92. The van der Waals surface area contributed by atoms with Crippen molar-refractivity contribution in [3.8, 4) is 11.5 Å². The van der Waals surface area contributed by atoms with Crippen molar-refractivity contribution in [3.63, 3.8) is 0 Å². The summed E-state index contributed by atoms with van der Waals surface area (Å²) in [7, 11) is 0. The molecular weight excluding hydrogens is 170 g/mol. The van der Waals surface area contributed by atoms with Gasteiger partial charge in [0.25, 0.3) is 0 Å². The first-order chi connectivity index (χ1) is 6.27. The fraction of sp³-hybridized carbons (Fsp3) is 0.222. The largest absolute Gasteiger partial charge is 0.461 e. The van der Waals surface area contributed by atoms with E-state index in [4.69, 9.17) is 8.94 Å². The van der Waals surface area contributed by atoms with Crippen LogP contribution in [-0.2, 0) is 0 Å². The quantitative estimate of drug-likeness (QED) is 0.765. The van der Waals surface area contributed by atoms with Gasteiger partial charge in [0.05, 0.1) is 12.4 Å². The topological polar surface area (TPSA) is 59.4 Å². The van der Waals surface area contributed by atoms with E-state index >= 15 is 0 Å². The SMILES string of the molecule is CC(O)c1cc(-c2ccco2)on1. The smallest absolute Gasteiger partial charge is 0.202 e. The Balaban J connectivity index is 2.33. The third-order valence-electron chi connectivity index (χ3n) is 1.72. The summed E-state index contributed by atoms with van der Waals surface area (Å²) in [5.41, 5.74) is 0.506. The molecule has 0 aliphatic rings. The molecule has 0 aliphatic heterocycles. The van der Waals surface area contributed by atoms with Crippen molar-refractivity contribution < 1.29 is 14.0 Å². The molecule has 13 heavy (non-hydrogen) atoms. The van der Waals surface area contributed by atoms with Crippen LogP contribution in [0.5, 0.6) is 0 Å². The van der Waals surface area contributed by atoms with Crippen LogP contribution >= 0.6 is 0 Å². The highest BCUT2D eigenvalue weighted by molar-refractivity contribution is 5.49. The summed E-state index contributed by atoms with van der Waals surface area (Å²) in [5.74, 6) is 1.14. The third kappa shape index (κ3) is 1.48. The summed E-state index contributed by atoms with van der Waals surface area (Å²) in [6.45, 7) is 1.63. The zero-order valence-corrected chi connectivity index (χ0v) is 7.10. The third-order valence-corrected chi connectivity index (χ3v) is 1.72. The average molecular weight is 179 g/mol. The highest BCUT2D eigenvalue weighted by Crippen LogP contribution is 2.22. The number of hydrogen-bond donors (Lipinski definition) is 1. The minimum absolute atomic E-state index is 0.506. The van der Waals surface area contributed by atoms with Gasteiger partial charge in [0.1, 0.15) is 5.69 Å². The number of aliphatic hydroxyl groups excluding tert-OH is 1. The van der Waals surface area contributed by atoms with Crippen LogP contribution < -0.4 is 0 Å². The van der Waals surface area contributed by atoms with Gasteiger partial charge in [-0.15, -0.1) is 0 Å². The van der Waals surface area contributed by atoms with E-state index < -0.39 is 6.10 Å². The first-order valence-electron chi connectivity index (χ1n) is 3.96. The second-order valence-electron chi connectivity index (χ2n) is 2.77. The van der Waals surface area contributed by atoms with Crippen molar-refractivity contribution in [2.24, 2.45) is 0 Å². The van der Waals surface area contributed by atoms with Gasteiger partial charge in [0.2, 0.25) is 5.76 Å². The van der Waals surface area contributed by atoms with Gasteiger partial charge in [-0.3, -0.25) is 0 Å². The molecule has 1 unspecified atom stereocenters. The summed E-state index contributed by atoms with van der Waals surface area (Å²) in [6, 6.07) is 5.19. The van der Waals surface area contributed by atoms with Gasteiger partial charge < -0.3 is 14.0 Å². The summed E-state index contributed by atoms with van der Waals surface area (Å²) < 4.78 is 10.1. The molecule has 4 heteroatoms. The lowest BCUT2D eigenvalue weighted by atomic mass is 10.2. The van der Waals surface area contributed by atoms with Crippen molar-refractivity contribution in [2.45, 2.75) is 13.0 Å². The Labute approximate surface area is 74.8 Å². The Hall–Kier alpha value is -1.55. The maximum atomic E-state index is 9.18. The van der Waals surface area contributed by atoms with Gasteiger partial charge in [-0.05, 0) is 19.1 Å². The molecule has 2 aromatic rings. The molecule has 0 radical (unpaired) electrons. The summed E-state index contributed by atoms with van der Waals surface area (Å²) in [6.07, 6.45) is 0.937. The maximum Gasteiger partial charge on any atom is 0.202 e. The van der Waals surface area contributed by atoms with Gasteiger partial charge in [-0.25, -0.2) is 0 Å². The number of rotatable bonds is 2. The second kappa shape index (κ2) is 3.06. The fourth-order valence-electron chi connectivity index (χ4n) is 1.02. The number of aromatic nitrogens is 1. The molecule has 0 aliphatic carbocycles. The van der Waals surface area contributed by atoms with Gasteiger partial charge in [-0.1, -0.05) is 5.16 Å². The molecule has 0 fully saturated rings. The average Bonchev–Trinajstić information content (AvgIpc) is 2.75. The first kappa shape index (κ1) is 8.07. The van der Waals surface area contributed by atoms with Crippen molar-refractivity contribution in [1.29, 1.82) is 0 Å². The lowest BCUT2D eigenvalue weighted by molar-refractivity contribution is 0.188. The van der Waals surface area contributed by atoms with Gasteiger partial charge in [-0.2, -0.15) is 0 Å².